The summed E-state index contributed by atoms with van der Waals surface area (Å²) in [7, 11) is 0. The number of thioether (sulfide) groups is 1. The van der Waals surface area contributed by atoms with Crippen molar-refractivity contribution in [2.75, 3.05) is 4.90 Å². The van der Waals surface area contributed by atoms with Gasteiger partial charge in [0.1, 0.15) is 18.1 Å². The molecule has 4 aromatic carbocycles. The second-order valence-electron chi connectivity index (χ2n) is 10.3. The summed E-state index contributed by atoms with van der Waals surface area (Å²) in [5, 5.41) is 21.3. The summed E-state index contributed by atoms with van der Waals surface area (Å²) in [6.45, 7) is 2.41. The average Bonchev–Trinajstić information content (AvgIpc) is 3.61. The Hall–Kier alpha value is -4.15. The highest BCUT2D eigenvalue weighted by molar-refractivity contribution is 8.00. The molecule has 1 aromatic heterocycles. The molecule has 0 spiro atoms. The maximum absolute atomic E-state index is 13.5. The first-order valence-electron chi connectivity index (χ1n) is 13.8. The summed E-state index contributed by atoms with van der Waals surface area (Å²) in [5.41, 5.74) is 4.05. The molecule has 7 nitrogen and oxygen atoms in total. The molecule has 2 heterocycles. The van der Waals surface area contributed by atoms with Crippen LogP contribution in [-0.2, 0) is 21.9 Å². The minimum atomic E-state index is -0.903. The van der Waals surface area contributed by atoms with E-state index in [0.717, 1.165) is 16.7 Å². The molecule has 1 aliphatic rings. The van der Waals surface area contributed by atoms with Crippen molar-refractivity contribution in [3.05, 3.63) is 140 Å². The van der Waals surface area contributed by atoms with Crippen LogP contribution in [-0.4, -0.2) is 27.0 Å². The summed E-state index contributed by atoms with van der Waals surface area (Å²) in [4.78, 5) is 28.3. The van der Waals surface area contributed by atoms with Crippen molar-refractivity contribution in [1.29, 1.82) is 0 Å². The van der Waals surface area contributed by atoms with E-state index in [1.54, 1.807) is 48.5 Å². The smallest absolute Gasteiger partial charge is 0.301 e. The monoisotopic (exact) mass is 673 g/mol. The Labute approximate surface area is 278 Å². The zero-order valence-electron chi connectivity index (χ0n) is 23.8. The number of aliphatic hydroxyl groups excluding tert-OH is 1. The number of anilines is 1. The zero-order valence-corrected chi connectivity index (χ0v) is 27.0. The van der Waals surface area contributed by atoms with Crippen LogP contribution < -0.4 is 9.64 Å². The van der Waals surface area contributed by atoms with Gasteiger partial charge in [-0.3, -0.25) is 14.5 Å². The minimum absolute atomic E-state index is 0.0306. The fraction of sp³-hybridized carbons (Fsp3) is 0.118. The number of carbonyl (C=O) groups excluding carboxylic acids is 2. The molecular formula is C34H25Cl2N3O4S2. The second kappa shape index (κ2) is 13.5. The van der Waals surface area contributed by atoms with Crippen LogP contribution in [0.4, 0.5) is 5.13 Å². The van der Waals surface area contributed by atoms with Crippen LogP contribution >= 0.6 is 46.3 Å². The molecular weight excluding hydrogens is 649 g/mol. The highest BCUT2D eigenvalue weighted by Crippen LogP contribution is 2.44. The SMILES string of the molecule is Cc1cccc(COc2ccc(/C(O)=C3\C(=O)C(=O)N(c4nnc(SCc5ccc(Cl)cc5Cl)s4)C3c3ccccc3)cc2)c1. The number of hydrogen-bond acceptors (Lipinski definition) is 8. The summed E-state index contributed by atoms with van der Waals surface area (Å²) in [6, 6.07) is 28.3. The normalized spacial score (nSPS) is 15.9. The third-order valence-corrected chi connectivity index (χ3v) is 9.84. The Bertz CT molecular complexity index is 1910. The lowest BCUT2D eigenvalue weighted by atomic mass is 9.95. The molecule has 1 unspecified atom stereocenters. The lowest BCUT2D eigenvalue weighted by molar-refractivity contribution is -0.132. The van der Waals surface area contributed by atoms with Crippen molar-refractivity contribution < 1.29 is 19.4 Å². The summed E-state index contributed by atoms with van der Waals surface area (Å²) in [5.74, 6) is -0.773. The largest absolute Gasteiger partial charge is 0.507 e. The molecule has 0 aliphatic carbocycles. The van der Waals surface area contributed by atoms with Gasteiger partial charge in [0, 0.05) is 21.4 Å². The highest BCUT2D eigenvalue weighted by Gasteiger charge is 2.48. The van der Waals surface area contributed by atoms with Crippen LogP contribution in [0.25, 0.3) is 5.76 Å². The standard InChI is InChI=1S/C34H25Cl2N3O4S2/c1-20-6-5-7-21(16-20)18-43-26-14-11-23(12-15-26)30(40)28-29(22-8-3-2-4-9-22)39(32(42)31(28)41)33-37-38-34(45-33)44-19-24-10-13-25(35)17-27(24)36/h2-17,29,40H,18-19H2,1H3/b30-28+. The molecule has 1 aliphatic heterocycles. The van der Waals surface area contributed by atoms with Gasteiger partial charge in [-0.05, 0) is 60.0 Å². The number of benzene rings is 4. The average molecular weight is 675 g/mol. The predicted octanol–water partition coefficient (Wildman–Crippen LogP) is 8.65. The van der Waals surface area contributed by atoms with E-state index >= 15 is 0 Å². The number of amides is 1. The van der Waals surface area contributed by atoms with Crippen LogP contribution in [0.1, 0.15) is 33.9 Å². The van der Waals surface area contributed by atoms with Gasteiger partial charge >= 0.3 is 5.91 Å². The van der Waals surface area contributed by atoms with E-state index in [0.29, 0.717) is 43.6 Å². The number of hydrogen-bond donors (Lipinski definition) is 1. The number of aliphatic hydroxyl groups is 1. The number of Topliss-reactive ketones (excluding diaryl/α,β-unsaturated/α-hetero) is 1. The lowest BCUT2D eigenvalue weighted by Gasteiger charge is -2.22. The molecule has 1 amide bonds. The van der Waals surface area contributed by atoms with Crippen molar-refractivity contribution in [1.82, 2.24) is 10.2 Å². The fourth-order valence-corrected chi connectivity index (χ4v) is 7.38. The molecule has 226 valence electrons. The summed E-state index contributed by atoms with van der Waals surface area (Å²) >= 11 is 14.9. The third-order valence-electron chi connectivity index (χ3n) is 7.14. The first-order chi connectivity index (χ1) is 21.8. The molecule has 1 saturated heterocycles. The van der Waals surface area contributed by atoms with E-state index in [2.05, 4.69) is 16.3 Å². The van der Waals surface area contributed by atoms with Gasteiger partial charge in [0.05, 0.1) is 11.6 Å². The number of halogens is 2. The molecule has 1 N–H and O–H groups in total. The van der Waals surface area contributed by atoms with Gasteiger partial charge < -0.3 is 9.84 Å². The first kappa shape index (κ1) is 30.9. The van der Waals surface area contributed by atoms with Gasteiger partial charge in [0.25, 0.3) is 5.78 Å². The number of aromatic nitrogens is 2. The van der Waals surface area contributed by atoms with Crippen LogP contribution in [0.3, 0.4) is 0 Å². The van der Waals surface area contributed by atoms with E-state index in [1.165, 1.54) is 28.0 Å². The molecule has 6 rings (SSSR count). The third kappa shape index (κ3) is 6.77. The fourth-order valence-electron chi connectivity index (χ4n) is 4.95. The number of rotatable bonds is 9. The number of aryl methyl sites for hydroxylation is 1. The number of carbonyl (C=O) groups is 2. The minimum Gasteiger partial charge on any atom is -0.507 e. The van der Waals surface area contributed by atoms with E-state index in [4.69, 9.17) is 27.9 Å². The maximum Gasteiger partial charge on any atom is 0.301 e. The molecule has 45 heavy (non-hydrogen) atoms. The lowest BCUT2D eigenvalue weighted by Crippen LogP contribution is -2.29. The first-order valence-corrected chi connectivity index (χ1v) is 16.4. The predicted molar refractivity (Wildman–Crippen MR) is 179 cm³/mol. The van der Waals surface area contributed by atoms with Crippen molar-refractivity contribution in [2.24, 2.45) is 0 Å². The summed E-state index contributed by atoms with van der Waals surface area (Å²) in [6.07, 6.45) is 0. The number of nitrogens with zero attached hydrogens (tertiary/aromatic N) is 3. The van der Waals surface area contributed by atoms with E-state index < -0.39 is 17.7 Å². The molecule has 0 bridgehead atoms. The Kier molecular flexibility index (Phi) is 9.23. The van der Waals surface area contributed by atoms with Gasteiger partial charge in [-0.25, -0.2) is 0 Å². The second-order valence-corrected chi connectivity index (χ2v) is 13.3. The van der Waals surface area contributed by atoms with Gasteiger partial charge in [-0.2, -0.15) is 0 Å². The molecule has 0 radical (unpaired) electrons. The van der Waals surface area contributed by atoms with E-state index in [1.807, 2.05) is 49.4 Å². The Morgan fingerprint density at radius 3 is 2.47 bits per heavy atom. The Morgan fingerprint density at radius 1 is 0.956 bits per heavy atom. The van der Waals surface area contributed by atoms with Crippen molar-refractivity contribution >= 4 is 68.9 Å². The number of ether oxygens (including phenoxy) is 1. The molecule has 1 fully saturated rings. The molecule has 11 heteroatoms. The maximum atomic E-state index is 13.5. The van der Waals surface area contributed by atoms with Gasteiger partial charge in [-0.1, -0.05) is 113 Å². The van der Waals surface area contributed by atoms with Gasteiger partial charge in [0.2, 0.25) is 5.13 Å². The molecule has 5 aromatic rings. The number of ketones is 1. The summed E-state index contributed by atoms with van der Waals surface area (Å²) < 4.78 is 6.51. The van der Waals surface area contributed by atoms with Gasteiger partial charge in [0.15, 0.2) is 4.34 Å². The zero-order chi connectivity index (χ0) is 31.5. The van der Waals surface area contributed by atoms with Crippen LogP contribution in [0, 0.1) is 6.92 Å². The van der Waals surface area contributed by atoms with Crippen molar-refractivity contribution in [3.8, 4) is 5.75 Å². The molecule has 1 atom stereocenters. The van der Waals surface area contributed by atoms with E-state index in [9.17, 15) is 14.7 Å². The quantitative estimate of drug-likeness (QED) is 0.0550. The van der Waals surface area contributed by atoms with Crippen LogP contribution in [0.2, 0.25) is 10.0 Å². The molecule has 0 saturated carbocycles. The topological polar surface area (TPSA) is 92.6 Å². The highest BCUT2D eigenvalue weighted by atomic mass is 35.5. The van der Waals surface area contributed by atoms with Crippen LogP contribution in [0.15, 0.2) is 107 Å². The van der Waals surface area contributed by atoms with Crippen molar-refractivity contribution in [3.63, 3.8) is 0 Å². The van der Waals surface area contributed by atoms with Crippen molar-refractivity contribution in [2.45, 2.75) is 29.7 Å². The van der Waals surface area contributed by atoms with Crippen LogP contribution in [0.5, 0.6) is 5.75 Å². The van der Waals surface area contributed by atoms with E-state index in [-0.39, 0.29) is 16.5 Å². The van der Waals surface area contributed by atoms with Gasteiger partial charge in [-0.15, -0.1) is 10.2 Å². The Balaban J connectivity index is 1.28. The Morgan fingerprint density at radius 2 is 1.73 bits per heavy atom.